The van der Waals surface area contributed by atoms with Crippen LogP contribution in [0.1, 0.15) is 18.4 Å². The van der Waals surface area contributed by atoms with Crippen LogP contribution in [0.25, 0.3) is 0 Å². The smallest absolute Gasteiger partial charge is 0.124 e. The number of benzene rings is 1. The van der Waals surface area contributed by atoms with Crippen LogP contribution in [0.15, 0.2) is 18.2 Å². The largest absolute Gasteiger partial charge is 0.395 e. The maximum atomic E-state index is 13.2. The van der Waals surface area contributed by atoms with Crippen molar-refractivity contribution in [3.8, 4) is 6.07 Å². The number of nitriles is 1. The van der Waals surface area contributed by atoms with Gasteiger partial charge in [0.25, 0.3) is 0 Å². The van der Waals surface area contributed by atoms with Gasteiger partial charge in [-0.15, -0.1) is 0 Å². The minimum atomic E-state index is -0.372. The van der Waals surface area contributed by atoms with Crippen LogP contribution >= 0.6 is 0 Å². The Hall–Kier alpha value is -1.64. The summed E-state index contributed by atoms with van der Waals surface area (Å²) < 4.78 is 13.2. The van der Waals surface area contributed by atoms with Crippen LogP contribution in [0.4, 0.5) is 10.1 Å². The maximum Gasteiger partial charge on any atom is 0.124 e. The van der Waals surface area contributed by atoms with Crippen molar-refractivity contribution in [2.75, 3.05) is 38.2 Å². The molecule has 1 fully saturated rings. The lowest BCUT2D eigenvalue weighted by atomic mass is 10.0. The summed E-state index contributed by atoms with van der Waals surface area (Å²) in [4.78, 5) is 4.31. The molecule has 2 rings (SSSR count). The SMILES string of the molecule is CN(CCO)C1CCN(c2ccc(F)cc2C#N)CC1. The highest BCUT2D eigenvalue weighted by Crippen LogP contribution is 2.25. The molecule has 5 heteroatoms. The van der Waals surface area contributed by atoms with E-state index in [0.717, 1.165) is 31.6 Å². The third kappa shape index (κ3) is 3.27. The molecule has 1 N–H and O–H groups in total. The summed E-state index contributed by atoms with van der Waals surface area (Å²) in [5.74, 6) is -0.372. The molecule has 0 aliphatic carbocycles. The molecule has 1 aliphatic rings. The second-order valence-corrected chi connectivity index (χ2v) is 5.20. The van der Waals surface area contributed by atoms with Gasteiger partial charge in [-0.3, -0.25) is 0 Å². The van der Waals surface area contributed by atoms with E-state index in [0.29, 0.717) is 18.2 Å². The molecule has 0 aromatic heterocycles. The lowest BCUT2D eigenvalue weighted by Crippen LogP contribution is -2.44. The zero-order valence-electron chi connectivity index (χ0n) is 11.7. The average molecular weight is 277 g/mol. The van der Waals surface area contributed by atoms with Gasteiger partial charge in [-0.2, -0.15) is 5.26 Å². The number of likely N-dealkylation sites (N-methyl/N-ethyl adjacent to an activating group) is 1. The van der Waals surface area contributed by atoms with Crippen molar-refractivity contribution in [1.29, 1.82) is 5.26 Å². The molecule has 0 atom stereocenters. The Bertz CT molecular complexity index is 492. The highest BCUT2D eigenvalue weighted by atomic mass is 19.1. The van der Waals surface area contributed by atoms with Crippen LogP contribution in [-0.4, -0.2) is 49.3 Å². The molecule has 20 heavy (non-hydrogen) atoms. The van der Waals surface area contributed by atoms with Gasteiger partial charge in [0.1, 0.15) is 11.9 Å². The highest BCUT2D eigenvalue weighted by Gasteiger charge is 2.23. The molecular weight excluding hydrogens is 257 g/mol. The highest BCUT2D eigenvalue weighted by molar-refractivity contribution is 5.59. The zero-order valence-corrected chi connectivity index (χ0v) is 11.7. The van der Waals surface area contributed by atoms with Crippen molar-refractivity contribution >= 4 is 5.69 Å². The minimum absolute atomic E-state index is 0.174. The standard InChI is InChI=1S/C15H20FN3O/c1-18(8-9-20)14-4-6-19(7-5-14)15-3-2-13(16)10-12(15)11-17/h2-3,10,14,20H,4-9H2,1H3. The fourth-order valence-electron chi connectivity index (χ4n) is 2.76. The second-order valence-electron chi connectivity index (χ2n) is 5.20. The minimum Gasteiger partial charge on any atom is -0.395 e. The first-order chi connectivity index (χ1) is 9.65. The summed E-state index contributed by atoms with van der Waals surface area (Å²) in [5, 5.41) is 18.1. The number of hydrogen-bond acceptors (Lipinski definition) is 4. The number of rotatable bonds is 4. The molecule has 1 aromatic rings. The molecule has 1 heterocycles. The van der Waals surface area contributed by atoms with Crippen molar-refractivity contribution in [2.24, 2.45) is 0 Å². The Labute approximate surface area is 119 Å². The van der Waals surface area contributed by atoms with Crippen LogP contribution in [0.3, 0.4) is 0 Å². The Kier molecular flexibility index (Phi) is 4.94. The first-order valence-electron chi connectivity index (χ1n) is 6.91. The van der Waals surface area contributed by atoms with Crippen LogP contribution in [0.5, 0.6) is 0 Å². The van der Waals surface area contributed by atoms with Crippen molar-refractivity contribution in [2.45, 2.75) is 18.9 Å². The van der Waals surface area contributed by atoms with Gasteiger partial charge in [0.2, 0.25) is 0 Å². The summed E-state index contributed by atoms with van der Waals surface area (Å²) in [6, 6.07) is 6.91. The van der Waals surface area contributed by atoms with Gasteiger partial charge in [0.05, 0.1) is 17.9 Å². The molecule has 1 aliphatic heterocycles. The Morgan fingerprint density at radius 2 is 2.15 bits per heavy atom. The molecule has 0 amide bonds. The number of halogens is 1. The molecule has 0 saturated carbocycles. The first kappa shape index (κ1) is 14.8. The third-order valence-corrected chi connectivity index (χ3v) is 3.96. The van der Waals surface area contributed by atoms with Crippen molar-refractivity contribution in [1.82, 2.24) is 4.90 Å². The molecule has 0 bridgehead atoms. The van der Waals surface area contributed by atoms with Gasteiger partial charge < -0.3 is 14.9 Å². The van der Waals surface area contributed by atoms with Crippen molar-refractivity contribution in [3.63, 3.8) is 0 Å². The fraction of sp³-hybridized carbons (Fsp3) is 0.533. The lowest BCUT2D eigenvalue weighted by molar-refractivity contribution is 0.162. The van der Waals surface area contributed by atoms with Crippen LogP contribution in [0, 0.1) is 17.1 Å². The van der Waals surface area contributed by atoms with E-state index in [1.807, 2.05) is 7.05 Å². The first-order valence-corrected chi connectivity index (χ1v) is 6.91. The molecule has 1 saturated heterocycles. The number of aliphatic hydroxyl groups excluding tert-OH is 1. The lowest BCUT2D eigenvalue weighted by Gasteiger charge is -2.38. The topological polar surface area (TPSA) is 50.5 Å². The number of nitrogens with zero attached hydrogens (tertiary/aromatic N) is 3. The molecule has 108 valence electrons. The average Bonchev–Trinajstić information content (AvgIpc) is 2.47. The molecule has 0 radical (unpaired) electrons. The van der Waals surface area contributed by atoms with Crippen LogP contribution in [0.2, 0.25) is 0 Å². The van der Waals surface area contributed by atoms with Crippen LogP contribution < -0.4 is 4.90 Å². The van der Waals surface area contributed by atoms with E-state index in [9.17, 15) is 4.39 Å². The normalized spacial score (nSPS) is 16.4. The molecule has 4 nitrogen and oxygen atoms in total. The third-order valence-electron chi connectivity index (χ3n) is 3.96. The van der Waals surface area contributed by atoms with E-state index in [-0.39, 0.29) is 12.4 Å². The van der Waals surface area contributed by atoms with Crippen molar-refractivity contribution < 1.29 is 9.50 Å². The van der Waals surface area contributed by atoms with E-state index in [2.05, 4.69) is 15.9 Å². The van der Waals surface area contributed by atoms with E-state index < -0.39 is 0 Å². The number of aliphatic hydroxyl groups is 1. The summed E-state index contributed by atoms with van der Waals surface area (Å²) >= 11 is 0. The van der Waals surface area contributed by atoms with Gasteiger partial charge in [-0.25, -0.2) is 4.39 Å². The van der Waals surface area contributed by atoms with Gasteiger partial charge in [-0.05, 0) is 38.1 Å². The Morgan fingerprint density at radius 3 is 2.75 bits per heavy atom. The number of hydrogen-bond donors (Lipinski definition) is 1. The van der Waals surface area contributed by atoms with E-state index in [1.54, 1.807) is 6.07 Å². The van der Waals surface area contributed by atoms with Gasteiger partial charge in [0.15, 0.2) is 0 Å². The van der Waals surface area contributed by atoms with E-state index >= 15 is 0 Å². The predicted molar refractivity (Wildman–Crippen MR) is 76.1 cm³/mol. The zero-order chi connectivity index (χ0) is 14.5. The summed E-state index contributed by atoms with van der Waals surface area (Å²) in [5.41, 5.74) is 1.21. The molecule has 0 unspecified atom stereocenters. The van der Waals surface area contributed by atoms with E-state index in [1.165, 1.54) is 12.1 Å². The molecule has 1 aromatic carbocycles. The number of piperidine rings is 1. The molecular formula is C15H20FN3O. The Morgan fingerprint density at radius 1 is 1.45 bits per heavy atom. The second kappa shape index (κ2) is 6.69. The van der Waals surface area contributed by atoms with Gasteiger partial charge in [0, 0.05) is 25.7 Å². The fourth-order valence-corrected chi connectivity index (χ4v) is 2.76. The summed E-state index contributed by atoms with van der Waals surface area (Å²) in [6.45, 7) is 2.55. The van der Waals surface area contributed by atoms with E-state index in [4.69, 9.17) is 10.4 Å². The van der Waals surface area contributed by atoms with Gasteiger partial charge >= 0.3 is 0 Å². The van der Waals surface area contributed by atoms with Crippen molar-refractivity contribution in [3.05, 3.63) is 29.6 Å². The predicted octanol–water partition coefficient (Wildman–Crippen LogP) is 1.59. The number of anilines is 1. The summed E-state index contributed by atoms with van der Waals surface area (Å²) in [6.07, 6.45) is 1.97. The molecule has 0 spiro atoms. The van der Waals surface area contributed by atoms with Crippen LogP contribution in [-0.2, 0) is 0 Å². The van der Waals surface area contributed by atoms with Gasteiger partial charge in [-0.1, -0.05) is 0 Å². The maximum absolute atomic E-state index is 13.2. The quantitative estimate of drug-likeness (QED) is 0.908. The Balaban J connectivity index is 2.02. The summed E-state index contributed by atoms with van der Waals surface area (Å²) in [7, 11) is 2.02. The monoisotopic (exact) mass is 277 g/mol.